The maximum absolute atomic E-state index is 9.38. The highest BCUT2D eigenvalue weighted by Gasteiger charge is 2.02. The van der Waals surface area contributed by atoms with E-state index in [0.717, 1.165) is 5.75 Å². The normalized spacial score (nSPS) is 12.5. The lowest BCUT2D eigenvalue weighted by molar-refractivity contribution is 0.108. The lowest BCUT2D eigenvalue weighted by atomic mass is 10.3. The van der Waals surface area contributed by atoms with Crippen LogP contribution in [0.4, 0.5) is 0 Å². The number of aliphatic hydroxyl groups is 1. The molecule has 0 aliphatic carbocycles. The molecule has 0 saturated carbocycles. The van der Waals surface area contributed by atoms with Crippen LogP contribution in [0.1, 0.15) is 0 Å². The van der Waals surface area contributed by atoms with Gasteiger partial charge in [0.05, 0.1) is 0 Å². The van der Waals surface area contributed by atoms with Crippen molar-refractivity contribution in [1.82, 2.24) is 5.32 Å². The smallest absolute Gasteiger partial charge is 0.119 e. The van der Waals surface area contributed by atoms with Gasteiger partial charge in [0.1, 0.15) is 18.5 Å². The second kappa shape index (κ2) is 6.21. The Labute approximate surface area is 97.6 Å². The summed E-state index contributed by atoms with van der Waals surface area (Å²) in [5.74, 6) is 0.792. The molecule has 0 heterocycles. The molecular weight excluding hydrogens is 293 g/mol. The Morgan fingerprint density at radius 3 is 2.64 bits per heavy atom. The molecule has 0 amide bonds. The van der Waals surface area contributed by atoms with E-state index in [4.69, 9.17) is 4.74 Å². The van der Waals surface area contributed by atoms with E-state index in [-0.39, 0.29) is 0 Å². The number of ether oxygens (including phenoxy) is 1. The summed E-state index contributed by atoms with van der Waals surface area (Å²) < 4.78 is 6.55. The maximum Gasteiger partial charge on any atom is 0.119 e. The van der Waals surface area contributed by atoms with Crippen LogP contribution >= 0.6 is 22.6 Å². The Balaban J connectivity index is 2.34. The highest BCUT2D eigenvalue weighted by atomic mass is 127. The van der Waals surface area contributed by atoms with Gasteiger partial charge in [-0.15, -0.1) is 0 Å². The van der Waals surface area contributed by atoms with Crippen LogP contribution in [0.5, 0.6) is 5.75 Å². The van der Waals surface area contributed by atoms with E-state index in [1.165, 1.54) is 3.57 Å². The number of likely N-dealkylation sites (N-methyl/N-ethyl adjacent to an activating group) is 1. The molecule has 1 aromatic carbocycles. The second-order valence-corrected chi connectivity index (χ2v) is 4.22. The first-order valence-electron chi connectivity index (χ1n) is 4.43. The van der Waals surface area contributed by atoms with Crippen molar-refractivity contribution in [2.45, 2.75) is 6.10 Å². The van der Waals surface area contributed by atoms with Gasteiger partial charge in [0.15, 0.2) is 0 Å². The minimum absolute atomic E-state index is 0.321. The zero-order chi connectivity index (χ0) is 10.4. The van der Waals surface area contributed by atoms with Crippen molar-refractivity contribution in [2.24, 2.45) is 0 Å². The lowest BCUT2D eigenvalue weighted by Gasteiger charge is -2.11. The van der Waals surface area contributed by atoms with E-state index in [1.54, 1.807) is 7.05 Å². The number of aliphatic hydroxyl groups excluding tert-OH is 1. The van der Waals surface area contributed by atoms with E-state index < -0.39 is 6.10 Å². The summed E-state index contributed by atoms with van der Waals surface area (Å²) in [4.78, 5) is 0. The van der Waals surface area contributed by atoms with Gasteiger partial charge in [-0.2, -0.15) is 0 Å². The fourth-order valence-corrected chi connectivity index (χ4v) is 1.38. The zero-order valence-corrected chi connectivity index (χ0v) is 10.2. The predicted octanol–water partition coefficient (Wildman–Crippen LogP) is 1.25. The molecule has 3 nitrogen and oxygen atoms in total. The van der Waals surface area contributed by atoms with Crippen LogP contribution in [0.25, 0.3) is 0 Å². The van der Waals surface area contributed by atoms with Crippen LogP contribution in [0, 0.1) is 3.57 Å². The Hall–Kier alpha value is -0.330. The minimum Gasteiger partial charge on any atom is -0.491 e. The molecule has 0 fully saturated rings. The number of hydrogen-bond acceptors (Lipinski definition) is 3. The van der Waals surface area contributed by atoms with E-state index >= 15 is 0 Å². The molecule has 0 bridgehead atoms. The maximum atomic E-state index is 9.38. The Morgan fingerprint density at radius 1 is 1.43 bits per heavy atom. The van der Waals surface area contributed by atoms with Gasteiger partial charge in [0.2, 0.25) is 0 Å². The first kappa shape index (κ1) is 11.7. The third kappa shape index (κ3) is 4.26. The molecule has 0 aromatic heterocycles. The third-order valence-electron chi connectivity index (χ3n) is 1.70. The molecule has 1 aromatic rings. The molecule has 4 heteroatoms. The number of rotatable bonds is 5. The monoisotopic (exact) mass is 307 g/mol. The van der Waals surface area contributed by atoms with Crippen LogP contribution in [0.15, 0.2) is 24.3 Å². The predicted molar refractivity (Wildman–Crippen MR) is 64.6 cm³/mol. The molecule has 14 heavy (non-hydrogen) atoms. The second-order valence-electron chi connectivity index (χ2n) is 2.98. The Morgan fingerprint density at radius 2 is 2.07 bits per heavy atom. The summed E-state index contributed by atoms with van der Waals surface area (Å²) in [6, 6.07) is 7.74. The first-order valence-corrected chi connectivity index (χ1v) is 5.51. The van der Waals surface area contributed by atoms with Crippen molar-refractivity contribution in [2.75, 3.05) is 20.2 Å². The van der Waals surface area contributed by atoms with E-state index in [9.17, 15) is 5.11 Å². The van der Waals surface area contributed by atoms with Crippen molar-refractivity contribution in [1.29, 1.82) is 0 Å². The molecule has 2 N–H and O–H groups in total. The van der Waals surface area contributed by atoms with Gasteiger partial charge in [0, 0.05) is 10.1 Å². The summed E-state index contributed by atoms with van der Waals surface area (Å²) in [5.41, 5.74) is 0. The van der Waals surface area contributed by atoms with Crippen molar-refractivity contribution in [3.63, 3.8) is 0 Å². The first-order chi connectivity index (χ1) is 6.72. The van der Waals surface area contributed by atoms with Gasteiger partial charge in [-0.25, -0.2) is 0 Å². The fourth-order valence-electron chi connectivity index (χ4n) is 1.02. The van der Waals surface area contributed by atoms with Crippen LogP contribution in [-0.2, 0) is 0 Å². The van der Waals surface area contributed by atoms with Gasteiger partial charge in [-0.1, -0.05) is 0 Å². The summed E-state index contributed by atoms with van der Waals surface area (Å²) in [6.07, 6.45) is -0.459. The summed E-state index contributed by atoms with van der Waals surface area (Å²) in [5, 5.41) is 12.3. The average molecular weight is 307 g/mol. The minimum atomic E-state index is -0.459. The topological polar surface area (TPSA) is 41.5 Å². The van der Waals surface area contributed by atoms with Gasteiger partial charge in [0.25, 0.3) is 0 Å². The summed E-state index contributed by atoms with van der Waals surface area (Å²) >= 11 is 2.24. The fraction of sp³-hybridized carbons (Fsp3) is 0.400. The molecule has 0 spiro atoms. The van der Waals surface area contributed by atoms with E-state index in [1.807, 2.05) is 24.3 Å². The molecule has 1 atom stereocenters. The SMILES string of the molecule is CNCC(O)COc1ccc(I)cc1. The number of nitrogens with one attached hydrogen (secondary N) is 1. The van der Waals surface area contributed by atoms with Crippen LogP contribution in [-0.4, -0.2) is 31.4 Å². The van der Waals surface area contributed by atoms with E-state index in [2.05, 4.69) is 27.9 Å². The van der Waals surface area contributed by atoms with Gasteiger partial charge >= 0.3 is 0 Å². The number of halogens is 1. The zero-order valence-electron chi connectivity index (χ0n) is 8.03. The third-order valence-corrected chi connectivity index (χ3v) is 2.41. The Bertz CT molecular complexity index is 263. The van der Waals surface area contributed by atoms with Crippen LogP contribution < -0.4 is 10.1 Å². The van der Waals surface area contributed by atoms with E-state index in [0.29, 0.717) is 13.2 Å². The van der Waals surface area contributed by atoms with Crippen molar-refractivity contribution in [3.05, 3.63) is 27.8 Å². The van der Waals surface area contributed by atoms with Gasteiger partial charge in [-0.05, 0) is 53.9 Å². The van der Waals surface area contributed by atoms with Crippen molar-refractivity contribution >= 4 is 22.6 Å². The summed E-state index contributed by atoms with van der Waals surface area (Å²) in [7, 11) is 1.80. The van der Waals surface area contributed by atoms with Crippen LogP contribution in [0.3, 0.4) is 0 Å². The highest BCUT2D eigenvalue weighted by molar-refractivity contribution is 14.1. The molecular formula is C10H14INO2. The molecule has 78 valence electrons. The molecule has 0 aliphatic heterocycles. The molecule has 0 aliphatic rings. The standard InChI is InChI=1S/C10H14INO2/c1-12-6-9(13)7-14-10-4-2-8(11)3-5-10/h2-5,9,12-13H,6-7H2,1H3. The Kier molecular flexibility index (Phi) is 5.21. The lowest BCUT2D eigenvalue weighted by Crippen LogP contribution is -2.29. The number of hydrogen-bond donors (Lipinski definition) is 2. The largest absolute Gasteiger partial charge is 0.491 e. The number of benzene rings is 1. The van der Waals surface area contributed by atoms with Crippen molar-refractivity contribution < 1.29 is 9.84 Å². The molecule has 1 unspecified atom stereocenters. The highest BCUT2D eigenvalue weighted by Crippen LogP contribution is 2.13. The quantitative estimate of drug-likeness (QED) is 0.805. The van der Waals surface area contributed by atoms with Crippen molar-refractivity contribution in [3.8, 4) is 5.75 Å². The molecule has 0 radical (unpaired) electrons. The summed E-state index contributed by atoms with van der Waals surface area (Å²) in [6.45, 7) is 0.867. The van der Waals surface area contributed by atoms with Gasteiger partial charge in [-0.3, -0.25) is 0 Å². The molecule has 1 rings (SSSR count). The van der Waals surface area contributed by atoms with Gasteiger partial charge < -0.3 is 15.2 Å². The average Bonchev–Trinajstić information content (AvgIpc) is 2.17. The van der Waals surface area contributed by atoms with Crippen LogP contribution in [0.2, 0.25) is 0 Å². The molecule has 0 saturated heterocycles.